The van der Waals surface area contributed by atoms with Gasteiger partial charge in [-0.05, 0) is 86.0 Å². The zero-order valence-corrected chi connectivity index (χ0v) is 21.2. The fraction of sp³-hybridized carbons (Fsp3) is 0.552. The summed E-state index contributed by atoms with van der Waals surface area (Å²) >= 11 is 0. The first-order valence-corrected chi connectivity index (χ1v) is 13.6. The van der Waals surface area contributed by atoms with Crippen LogP contribution in [-0.4, -0.2) is 71.6 Å². The number of fused-ring (bicyclic) bond motifs is 1. The molecule has 36 heavy (non-hydrogen) atoms. The average Bonchev–Trinajstić information content (AvgIpc) is 3.61. The SMILES string of the molecule is CCN1CN(C2Cc3cc(F)c(F)cc3C2)C(=O)C12CCN(Cc1ccc(N3CCCC3)cc1)CC2. The van der Waals surface area contributed by atoms with Gasteiger partial charge in [0, 0.05) is 44.5 Å². The second-order valence-corrected chi connectivity index (χ2v) is 11.0. The summed E-state index contributed by atoms with van der Waals surface area (Å²) in [4.78, 5) is 23.1. The van der Waals surface area contributed by atoms with Crippen LogP contribution in [-0.2, 0) is 24.2 Å². The molecular weight excluding hydrogens is 458 g/mol. The van der Waals surface area contributed by atoms with E-state index in [1.54, 1.807) is 0 Å². The second kappa shape index (κ2) is 9.42. The molecule has 4 aliphatic rings. The topological polar surface area (TPSA) is 30.0 Å². The van der Waals surface area contributed by atoms with Gasteiger partial charge in [-0.3, -0.25) is 14.6 Å². The number of hydrogen-bond acceptors (Lipinski definition) is 4. The highest BCUT2D eigenvalue weighted by Gasteiger charge is 2.54. The Morgan fingerprint density at radius 1 is 0.917 bits per heavy atom. The Morgan fingerprint density at radius 2 is 1.53 bits per heavy atom. The molecule has 2 aromatic carbocycles. The maximum Gasteiger partial charge on any atom is 0.244 e. The van der Waals surface area contributed by atoms with Crippen LogP contribution in [0.3, 0.4) is 0 Å². The first-order chi connectivity index (χ1) is 17.5. The maximum atomic E-state index is 13.9. The molecule has 0 N–H and O–H groups in total. The Labute approximate surface area is 212 Å². The Balaban J connectivity index is 1.10. The van der Waals surface area contributed by atoms with Crippen LogP contribution in [0.1, 0.15) is 49.3 Å². The van der Waals surface area contributed by atoms with E-state index in [1.165, 1.54) is 36.2 Å². The number of carbonyl (C=O) groups is 1. The van der Waals surface area contributed by atoms with Gasteiger partial charge in [0.25, 0.3) is 0 Å². The molecule has 1 aliphatic carbocycles. The Morgan fingerprint density at radius 3 is 2.11 bits per heavy atom. The lowest BCUT2D eigenvalue weighted by Crippen LogP contribution is -2.56. The Bertz CT molecular complexity index is 1090. The number of nitrogens with zero attached hydrogens (tertiary/aromatic N) is 4. The van der Waals surface area contributed by atoms with Gasteiger partial charge in [0.1, 0.15) is 5.54 Å². The molecule has 6 rings (SSSR count). The zero-order chi connectivity index (χ0) is 24.9. The standard InChI is InChI=1S/C29H36F2N4O/c1-2-34-20-35(25-15-22-17-26(30)27(31)18-23(22)16-25)28(36)29(34)9-13-32(14-10-29)19-21-5-7-24(8-6-21)33-11-3-4-12-33/h5-8,17-18,25H,2-4,9-16,19-20H2,1H3. The monoisotopic (exact) mass is 494 g/mol. The first kappa shape index (κ1) is 23.9. The summed E-state index contributed by atoms with van der Waals surface area (Å²) < 4.78 is 27.5. The van der Waals surface area contributed by atoms with E-state index in [-0.39, 0.29) is 11.9 Å². The van der Waals surface area contributed by atoms with Gasteiger partial charge < -0.3 is 9.80 Å². The quantitative estimate of drug-likeness (QED) is 0.624. The number of anilines is 1. The van der Waals surface area contributed by atoms with Crippen molar-refractivity contribution in [1.82, 2.24) is 14.7 Å². The van der Waals surface area contributed by atoms with Gasteiger partial charge >= 0.3 is 0 Å². The molecule has 0 bridgehead atoms. The largest absolute Gasteiger partial charge is 0.372 e. The molecule has 192 valence electrons. The summed E-state index contributed by atoms with van der Waals surface area (Å²) in [5.41, 5.74) is 3.87. The highest BCUT2D eigenvalue weighted by molar-refractivity contribution is 5.89. The lowest BCUT2D eigenvalue weighted by Gasteiger charge is -2.42. The molecule has 3 heterocycles. The van der Waals surface area contributed by atoms with Crippen LogP contribution in [0.2, 0.25) is 0 Å². The van der Waals surface area contributed by atoms with Crippen molar-refractivity contribution in [2.24, 2.45) is 0 Å². The van der Waals surface area contributed by atoms with Crippen LogP contribution < -0.4 is 4.90 Å². The summed E-state index contributed by atoms with van der Waals surface area (Å²) in [6, 6.07) is 11.6. The average molecular weight is 495 g/mol. The van der Waals surface area contributed by atoms with Crippen LogP contribution in [0.15, 0.2) is 36.4 Å². The number of rotatable bonds is 5. The lowest BCUT2D eigenvalue weighted by molar-refractivity contribution is -0.137. The molecule has 0 atom stereocenters. The van der Waals surface area contributed by atoms with E-state index in [0.29, 0.717) is 19.5 Å². The van der Waals surface area contributed by atoms with E-state index in [1.807, 2.05) is 4.90 Å². The molecule has 3 saturated heterocycles. The number of likely N-dealkylation sites (tertiary alicyclic amines) is 1. The maximum absolute atomic E-state index is 13.9. The number of piperidine rings is 1. The third-order valence-corrected chi connectivity index (χ3v) is 9.06. The van der Waals surface area contributed by atoms with Gasteiger partial charge in [-0.2, -0.15) is 0 Å². The van der Waals surface area contributed by atoms with Gasteiger partial charge in [-0.25, -0.2) is 8.78 Å². The van der Waals surface area contributed by atoms with Crippen molar-refractivity contribution in [3.05, 3.63) is 64.7 Å². The van der Waals surface area contributed by atoms with Crippen molar-refractivity contribution in [1.29, 1.82) is 0 Å². The van der Waals surface area contributed by atoms with Gasteiger partial charge in [-0.15, -0.1) is 0 Å². The van der Waals surface area contributed by atoms with Crippen LogP contribution in [0.4, 0.5) is 14.5 Å². The van der Waals surface area contributed by atoms with Crippen LogP contribution in [0, 0.1) is 11.6 Å². The molecule has 3 aliphatic heterocycles. The van der Waals surface area contributed by atoms with E-state index in [4.69, 9.17) is 0 Å². The number of amides is 1. The molecular formula is C29H36F2N4O. The third kappa shape index (κ3) is 4.10. The third-order valence-electron chi connectivity index (χ3n) is 9.06. The smallest absolute Gasteiger partial charge is 0.244 e. The highest BCUT2D eigenvalue weighted by Crippen LogP contribution is 2.39. The van der Waals surface area contributed by atoms with Gasteiger partial charge in [0.2, 0.25) is 5.91 Å². The van der Waals surface area contributed by atoms with Crippen LogP contribution in [0.25, 0.3) is 0 Å². The molecule has 1 spiro atoms. The van der Waals surface area contributed by atoms with Crippen molar-refractivity contribution < 1.29 is 13.6 Å². The predicted octanol–water partition coefficient (Wildman–Crippen LogP) is 4.19. The van der Waals surface area contributed by atoms with Crippen molar-refractivity contribution in [2.45, 2.75) is 63.6 Å². The van der Waals surface area contributed by atoms with Gasteiger partial charge in [0.05, 0.1) is 6.67 Å². The summed E-state index contributed by atoms with van der Waals surface area (Å²) in [5.74, 6) is -1.39. The number of hydrogen-bond donors (Lipinski definition) is 0. The molecule has 0 aromatic heterocycles. The summed E-state index contributed by atoms with van der Waals surface area (Å²) in [5, 5.41) is 0. The van der Waals surface area contributed by atoms with Crippen molar-refractivity contribution >= 4 is 11.6 Å². The fourth-order valence-corrected chi connectivity index (χ4v) is 6.94. The Kier molecular flexibility index (Phi) is 6.24. The minimum atomic E-state index is -0.799. The molecule has 1 amide bonds. The zero-order valence-electron chi connectivity index (χ0n) is 21.2. The normalized spacial score (nSPS) is 22.8. The van der Waals surface area contributed by atoms with Gasteiger partial charge in [-0.1, -0.05) is 19.1 Å². The van der Waals surface area contributed by atoms with E-state index >= 15 is 0 Å². The molecule has 5 nitrogen and oxygen atoms in total. The first-order valence-electron chi connectivity index (χ1n) is 13.6. The molecule has 0 unspecified atom stereocenters. The minimum absolute atomic E-state index is 0.0192. The van der Waals surface area contributed by atoms with Gasteiger partial charge in [0.15, 0.2) is 11.6 Å². The van der Waals surface area contributed by atoms with E-state index in [9.17, 15) is 13.6 Å². The number of benzene rings is 2. The number of carbonyl (C=O) groups excluding carboxylic acids is 1. The highest BCUT2D eigenvalue weighted by atomic mass is 19.2. The van der Waals surface area contributed by atoms with Crippen molar-refractivity contribution in [2.75, 3.05) is 44.3 Å². The molecule has 0 radical (unpaired) electrons. The van der Waals surface area contributed by atoms with Crippen molar-refractivity contribution in [3.63, 3.8) is 0 Å². The van der Waals surface area contributed by atoms with Crippen LogP contribution >= 0.6 is 0 Å². The predicted molar refractivity (Wildman–Crippen MR) is 137 cm³/mol. The van der Waals surface area contributed by atoms with Crippen LogP contribution in [0.5, 0.6) is 0 Å². The fourth-order valence-electron chi connectivity index (χ4n) is 6.94. The van der Waals surface area contributed by atoms with E-state index in [2.05, 4.69) is 45.9 Å². The van der Waals surface area contributed by atoms with E-state index < -0.39 is 17.2 Å². The van der Waals surface area contributed by atoms with Crippen molar-refractivity contribution in [3.8, 4) is 0 Å². The molecule has 2 aromatic rings. The van der Waals surface area contributed by atoms with E-state index in [0.717, 1.165) is 63.2 Å². The summed E-state index contributed by atoms with van der Waals surface area (Å²) in [6.45, 7) is 8.58. The molecule has 0 saturated carbocycles. The summed E-state index contributed by atoms with van der Waals surface area (Å²) in [7, 11) is 0. The number of likely N-dealkylation sites (N-methyl/N-ethyl adjacent to an activating group) is 1. The molecule has 3 fully saturated rings. The second-order valence-electron chi connectivity index (χ2n) is 11.0. The minimum Gasteiger partial charge on any atom is -0.372 e. The number of halogens is 2. The lowest BCUT2D eigenvalue weighted by atomic mass is 9.85. The summed E-state index contributed by atoms with van der Waals surface area (Å²) in [6.07, 6.45) is 5.42. The molecule has 7 heteroatoms. The Hall–Kier alpha value is -2.51.